The molecule has 0 spiro atoms. The number of anilines is 1. The number of rotatable bonds is 3. The number of primary amides is 2. The minimum atomic E-state index is -0.798. The highest BCUT2D eigenvalue weighted by Crippen LogP contribution is 2.45. The van der Waals surface area contributed by atoms with E-state index in [1.807, 2.05) is 0 Å². The average Bonchev–Trinajstić information content (AvgIpc) is 2.75. The molecule has 24 heavy (non-hydrogen) atoms. The second-order valence-corrected chi connectivity index (χ2v) is 6.44. The summed E-state index contributed by atoms with van der Waals surface area (Å²) in [6.07, 6.45) is 2.10. The molecule has 0 fully saturated rings. The zero-order valence-corrected chi connectivity index (χ0v) is 13.3. The van der Waals surface area contributed by atoms with Crippen molar-refractivity contribution in [2.45, 2.75) is 19.3 Å². The molecule has 1 aliphatic rings. The minimum absolute atomic E-state index is 0.0277. The molecule has 0 saturated carbocycles. The van der Waals surface area contributed by atoms with Crippen molar-refractivity contribution in [1.29, 1.82) is 0 Å². The molecule has 8 nitrogen and oxygen atoms in total. The molecular formula is C15H14N4O4S. The molecule has 0 radical (unpaired) electrons. The first kappa shape index (κ1) is 15.9. The van der Waals surface area contributed by atoms with Gasteiger partial charge in [-0.1, -0.05) is 6.07 Å². The van der Waals surface area contributed by atoms with Gasteiger partial charge in [-0.25, -0.2) is 4.79 Å². The van der Waals surface area contributed by atoms with E-state index in [0.29, 0.717) is 22.4 Å². The number of urea groups is 1. The number of carbonyl (C=O) groups is 2. The van der Waals surface area contributed by atoms with E-state index < -0.39 is 16.9 Å². The number of nitro benzene ring substituents is 1. The van der Waals surface area contributed by atoms with Gasteiger partial charge in [0.1, 0.15) is 5.00 Å². The van der Waals surface area contributed by atoms with Gasteiger partial charge in [0.2, 0.25) is 0 Å². The second-order valence-electron chi connectivity index (χ2n) is 5.42. The molecule has 0 bridgehead atoms. The lowest BCUT2D eigenvalue weighted by Gasteiger charge is -2.05. The third-order valence-electron chi connectivity index (χ3n) is 3.91. The molecule has 2 aromatic rings. The molecule has 3 amide bonds. The molecule has 0 saturated heterocycles. The van der Waals surface area contributed by atoms with Crippen LogP contribution in [0, 0.1) is 10.1 Å². The topological polar surface area (TPSA) is 141 Å². The number of nitrogens with one attached hydrogen (secondary N) is 1. The number of benzene rings is 1. The molecule has 1 aromatic heterocycles. The Bertz CT molecular complexity index is 875. The van der Waals surface area contributed by atoms with Crippen LogP contribution < -0.4 is 16.8 Å². The molecule has 1 aliphatic carbocycles. The van der Waals surface area contributed by atoms with Gasteiger partial charge in [-0.15, -0.1) is 11.3 Å². The van der Waals surface area contributed by atoms with Crippen LogP contribution in [0.5, 0.6) is 0 Å². The summed E-state index contributed by atoms with van der Waals surface area (Å²) < 4.78 is 0. The van der Waals surface area contributed by atoms with E-state index in [1.54, 1.807) is 6.07 Å². The number of fused-ring (bicyclic) bond motifs is 3. The molecule has 5 N–H and O–H groups in total. The van der Waals surface area contributed by atoms with E-state index in [0.717, 1.165) is 29.7 Å². The lowest BCUT2D eigenvalue weighted by Crippen LogP contribution is -2.22. The lowest BCUT2D eigenvalue weighted by atomic mass is 10.0. The number of nitrogens with zero attached hydrogens (tertiary/aromatic N) is 1. The summed E-state index contributed by atoms with van der Waals surface area (Å²) in [6, 6.07) is 3.89. The highest BCUT2D eigenvalue weighted by molar-refractivity contribution is 7.20. The lowest BCUT2D eigenvalue weighted by molar-refractivity contribution is -0.384. The van der Waals surface area contributed by atoms with Gasteiger partial charge in [0.05, 0.1) is 10.5 Å². The van der Waals surface area contributed by atoms with Crippen molar-refractivity contribution in [3.63, 3.8) is 0 Å². The van der Waals surface area contributed by atoms with Crippen LogP contribution in [0.25, 0.3) is 10.4 Å². The summed E-state index contributed by atoms with van der Waals surface area (Å²) in [4.78, 5) is 34.4. The van der Waals surface area contributed by atoms with Crippen LogP contribution in [0.2, 0.25) is 0 Å². The molecule has 0 unspecified atom stereocenters. The van der Waals surface area contributed by atoms with E-state index >= 15 is 0 Å². The van der Waals surface area contributed by atoms with E-state index in [-0.39, 0.29) is 16.3 Å². The summed E-state index contributed by atoms with van der Waals surface area (Å²) in [5.74, 6) is -0.662. The Morgan fingerprint density at radius 3 is 2.62 bits per heavy atom. The number of aryl methyl sites for hydroxylation is 1. The van der Waals surface area contributed by atoms with Gasteiger partial charge < -0.3 is 11.5 Å². The maximum atomic E-state index is 11.9. The maximum absolute atomic E-state index is 11.9. The first-order chi connectivity index (χ1) is 11.4. The highest BCUT2D eigenvalue weighted by Gasteiger charge is 2.27. The molecule has 0 atom stereocenters. The number of hydrogen-bond donors (Lipinski definition) is 3. The molecule has 3 rings (SSSR count). The molecule has 1 aromatic carbocycles. The number of hydrogen-bond acceptors (Lipinski definition) is 5. The molecule has 1 heterocycles. The summed E-state index contributed by atoms with van der Waals surface area (Å²) in [5, 5.41) is 13.8. The molecule has 9 heteroatoms. The number of thiophene rings is 1. The Hall–Kier alpha value is -2.94. The maximum Gasteiger partial charge on any atom is 0.317 e. The quantitative estimate of drug-likeness (QED) is 0.579. The largest absolute Gasteiger partial charge is 0.365 e. The number of carbonyl (C=O) groups excluding carboxylic acids is 2. The predicted molar refractivity (Wildman–Crippen MR) is 90.2 cm³/mol. The summed E-state index contributed by atoms with van der Waals surface area (Å²) in [5.41, 5.74) is 13.2. The summed E-state index contributed by atoms with van der Waals surface area (Å²) in [7, 11) is 0. The van der Waals surface area contributed by atoms with Crippen LogP contribution in [-0.2, 0) is 12.8 Å². The number of non-ortho nitro benzene ring substituents is 1. The van der Waals surface area contributed by atoms with Gasteiger partial charge in [0, 0.05) is 22.6 Å². The summed E-state index contributed by atoms with van der Waals surface area (Å²) in [6.45, 7) is 0. The number of amides is 3. The van der Waals surface area contributed by atoms with Crippen LogP contribution in [0.3, 0.4) is 0 Å². The van der Waals surface area contributed by atoms with E-state index in [4.69, 9.17) is 11.5 Å². The minimum Gasteiger partial charge on any atom is -0.365 e. The Balaban J connectivity index is 2.25. The Labute approximate surface area is 140 Å². The Morgan fingerprint density at radius 2 is 2.00 bits per heavy atom. The van der Waals surface area contributed by atoms with Gasteiger partial charge in [0.15, 0.2) is 0 Å². The smallest absolute Gasteiger partial charge is 0.317 e. The zero-order valence-electron chi connectivity index (χ0n) is 12.5. The van der Waals surface area contributed by atoms with Crippen LogP contribution in [0.4, 0.5) is 15.5 Å². The van der Waals surface area contributed by atoms with Gasteiger partial charge in [0.25, 0.3) is 11.6 Å². The van der Waals surface area contributed by atoms with E-state index in [9.17, 15) is 19.7 Å². The van der Waals surface area contributed by atoms with Gasteiger partial charge >= 0.3 is 6.03 Å². The van der Waals surface area contributed by atoms with Gasteiger partial charge in [-0.2, -0.15) is 0 Å². The monoisotopic (exact) mass is 346 g/mol. The average molecular weight is 346 g/mol. The van der Waals surface area contributed by atoms with Crippen molar-refractivity contribution < 1.29 is 14.5 Å². The van der Waals surface area contributed by atoms with Crippen molar-refractivity contribution in [2.75, 3.05) is 5.32 Å². The SMILES string of the molecule is NC(=O)Nc1sc2c(c1C(N)=O)CCCc1ccc([N+](=O)[O-])cc1-2. The fourth-order valence-electron chi connectivity index (χ4n) is 2.94. The van der Waals surface area contributed by atoms with E-state index in [2.05, 4.69) is 5.32 Å². The Morgan fingerprint density at radius 1 is 1.25 bits per heavy atom. The van der Waals surface area contributed by atoms with Gasteiger partial charge in [-0.3, -0.25) is 20.2 Å². The van der Waals surface area contributed by atoms with Crippen LogP contribution in [0.1, 0.15) is 27.9 Å². The zero-order chi connectivity index (χ0) is 17.4. The first-order valence-electron chi connectivity index (χ1n) is 7.18. The fraction of sp³-hybridized carbons (Fsp3) is 0.200. The standard InChI is InChI=1S/C15H14N4O4S/c16-13(20)11-9-3-1-2-7-4-5-8(19(22)23)6-10(7)12(9)24-14(11)18-15(17)21/h4-6H,1-3H2,(H2,16,20)(H3,17,18,21). The van der Waals surface area contributed by atoms with Crippen molar-refractivity contribution in [3.05, 3.63) is 45.0 Å². The normalized spacial score (nSPS) is 12.7. The Kier molecular flexibility index (Phi) is 3.94. The molecule has 0 aliphatic heterocycles. The van der Waals surface area contributed by atoms with Crippen molar-refractivity contribution in [1.82, 2.24) is 0 Å². The van der Waals surface area contributed by atoms with Crippen molar-refractivity contribution in [2.24, 2.45) is 11.5 Å². The van der Waals surface area contributed by atoms with Crippen LogP contribution in [0.15, 0.2) is 18.2 Å². The van der Waals surface area contributed by atoms with Crippen molar-refractivity contribution in [3.8, 4) is 10.4 Å². The molecular weight excluding hydrogens is 332 g/mol. The van der Waals surface area contributed by atoms with E-state index in [1.165, 1.54) is 12.1 Å². The number of nitrogens with two attached hydrogens (primary N) is 2. The fourth-order valence-corrected chi connectivity index (χ4v) is 4.25. The second kappa shape index (κ2) is 5.93. The third-order valence-corrected chi connectivity index (χ3v) is 5.09. The third kappa shape index (κ3) is 2.69. The van der Waals surface area contributed by atoms with Crippen LogP contribution >= 0.6 is 11.3 Å². The highest BCUT2D eigenvalue weighted by atomic mass is 32.1. The van der Waals surface area contributed by atoms with Crippen molar-refractivity contribution >= 4 is 34.0 Å². The van der Waals surface area contributed by atoms with Crippen LogP contribution in [-0.4, -0.2) is 16.9 Å². The predicted octanol–water partition coefficient (Wildman–Crippen LogP) is 2.40. The number of nitro groups is 1. The summed E-state index contributed by atoms with van der Waals surface area (Å²) >= 11 is 1.16. The van der Waals surface area contributed by atoms with Gasteiger partial charge in [-0.05, 0) is 30.4 Å². The first-order valence-corrected chi connectivity index (χ1v) is 7.99. The molecule has 124 valence electrons.